The molecule has 0 fully saturated rings. The smallest absolute Gasteiger partial charge is 0.302 e. The van der Waals surface area contributed by atoms with E-state index in [1.807, 2.05) is 26.8 Å². The Morgan fingerprint density at radius 3 is 2.67 bits per heavy atom. The van der Waals surface area contributed by atoms with Gasteiger partial charge < -0.3 is 10.5 Å². The Balaban J connectivity index is 2.81. The van der Waals surface area contributed by atoms with Crippen LogP contribution in [-0.2, 0) is 9.53 Å². The minimum Gasteiger partial charge on any atom is -0.465 e. The van der Waals surface area contributed by atoms with Crippen molar-refractivity contribution in [3.05, 3.63) is 23.9 Å². The number of carbonyl (C=O) groups excluding carboxylic acids is 1. The first-order valence-corrected chi connectivity index (χ1v) is 5.72. The molecule has 0 spiro atoms. The number of ether oxygens (including phenoxy) is 1. The number of rotatable bonds is 4. The first kappa shape index (κ1) is 14.2. The molecule has 0 atom stereocenters. The van der Waals surface area contributed by atoms with E-state index < -0.39 is 5.41 Å². The molecule has 0 aromatic carbocycles. The standard InChI is InChI=1S/C13H19N3O2/c1-9-5-6-11(15-7-9)16-12(14)13(3,4)8-18-10(2)17/h5-7H,8H2,1-4H3,(H2,14,15,16). The molecule has 0 aliphatic heterocycles. The Hall–Kier alpha value is -1.91. The zero-order valence-corrected chi connectivity index (χ0v) is 11.2. The zero-order chi connectivity index (χ0) is 13.8. The van der Waals surface area contributed by atoms with Crippen LogP contribution in [0.3, 0.4) is 0 Å². The van der Waals surface area contributed by atoms with Crippen molar-refractivity contribution in [2.24, 2.45) is 16.1 Å². The predicted octanol–water partition coefficient (Wildman–Crippen LogP) is 1.97. The number of aromatic nitrogens is 1. The highest BCUT2D eigenvalue weighted by Crippen LogP contribution is 2.19. The van der Waals surface area contributed by atoms with Crippen LogP contribution < -0.4 is 5.73 Å². The van der Waals surface area contributed by atoms with Gasteiger partial charge in [-0.25, -0.2) is 9.98 Å². The lowest BCUT2D eigenvalue weighted by Gasteiger charge is -2.22. The third kappa shape index (κ3) is 4.16. The normalized spacial score (nSPS) is 12.3. The number of aryl methyl sites for hydroxylation is 1. The topological polar surface area (TPSA) is 77.6 Å². The second-order valence-corrected chi connectivity index (χ2v) is 4.85. The van der Waals surface area contributed by atoms with Crippen LogP contribution >= 0.6 is 0 Å². The van der Waals surface area contributed by atoms with Crippen molar-refractivity contribution in [2.45, 2.75) is 27.7 Å². The fraction of sp³-hybridized carbons (Fsp3) is 0.462. The molecule has 0 radical (unpaired) electrons. The van der Waals surface area contributed by atoms with Crippen LogP contribution in [0.2, 0.25) is 0 Å². The highest BCUT2D eigenvalue weighted by molar-refractivity contribution is 5.88. The Bertz CT molecular complexity index is 450. The lowest BCUT2D eigenvalue weighted by molar-refractivity contribution is -0.142. The van der Waals surface area contributed by atoms with Gasteiger partial charge in [0.15, 0.2) is 5.82 Å². The molecule has 1 rings (SSSR count). The average Bonchev–Trinajstić information content (AvgIpc) is 2.29. The summed E-state index contributed by atoms with van der Waals surface area (Å²) in [5, 5.41) is 0. The summed E-state index contributed by atoms with van der Waals surface area (Å²) in [5.41, 5.74) is 6.47. The van der Waals surface area contributed by atoms with Crippen LogP contribution in [-0.4, -0.2) is 23.4 Å². The Labute approximate surface area is 107 Å². The summed E-state index contributed by atoms with van der Waals surface area (Å²) in [4.78, 5) is 19.2. The van der Waals surface area contributed by atoms with E-state index >= 15 is 0 Å². The molecule has 1 heterocycles. The van der Waals surface area contributed by atoms with Crippen molar-refractivity contribution in [1.82, 2.24) is 4.98 Å². The quantitative estimate of drug-likeness (QED) is 0.502. The van der Waals surface area contributed by atoms with Crippen LogP contribution in [0.15, 0.2) is 23.3 Å². The van der Waals surface area contributed by atoms with Crippen molar-refractivity contribution in [1.29, 1.82) is 0 Å². The Morgan fingerprint density at radius 1 is 1.50 bits per heavy atom. The number of aliphatic imine (C=N–C) groups is 1. The van der Waals surface area contributed by atoms with Gasteiger partial charge in [-0.2, -0.15) is 0 Å². The summed E-state index contributed by atoms with van der Waals surface area (Å²) in [5.74, 6) is 0.610. The van der Waals surface area contributed by atoms with Crippen LogP contribution in [0.1, 0.15) is 26.3 Å². The molecule has 5 nitrogen and oxygen atoms in total. The number of carbonyl (C=O) groups is 1. The van der Waals surface area contributed by atoms with Gasteiger partial charge in [-0.05, 0) is 32.4 Å². The lowest BCUT2D eigenvalue weighted by atomic mass is 9.93. The maximum absolute atomic E-state index is 10.8. The van der Waals surface area contributed by atoms with Gasteiger partial charge in [0.1, 0.15) is 12.4 Å². The van der Waals surface area contributed by atoms with Crippen LogP contribution in [0.25, 0.3) is 0 Å². The van der Waals surface area contributed by atoms with Gasteiger partial charge >= 0.3 is 5.97 Å². The number of hydrogen-bond acceptors (Lipinski definition) is 4. The van der Waals surface area contributed by atoms with Gasteiger partial charge in [0.2, 0.25) is 0 Å². The average molecular weight is 249 g/mol. The minimum absolute atomic E-state index is 0.198. The highest BCUT2D eigenvalue weighted by Gasteiger charge is 2.24. The maximum atomic E-state index is 10.8. The van der Waals surface area contributed by atoms with Gasteiger partial charge in [0, 0.05) is 13.1 Å². The molecule has 0 saturated heterocycles. The SMILES string of the molecule is CC(=O)OCC(C)(C)C(N)=Nc1ccc(C)cn1. The predicted molar refractivity (Wildman–Crippen MR) is 70.7 cm³/mol. The number of nitrogens with two attached hydrogens (primary N) is 1. The van der Waals surface area contributed by atoms with Crippen molar-refractivity contribution in [2.75, 3.05) is 6.61 Å². The van der Waals surface area contributed by atoms with Crippen molar-refractivity contribution >= 4 is 17.6 Å². The van der Waals surface area contributed by atoms with Gasteiger partial charge in [-0.1, -0.05) is 6.07 Å². The molecular formula is C13H19N3O2. The Morgan fingerprint density at radius 2 is 2.17 bits per heavy atom. The van der Waals surface area contributed by atoms with E-state index in [0.717, 1.165) is 5.56 Å². The summed E-state index contributed by atoms with van der Waals surface area (Å²) in [6.07, 6.45) is 1.73. The molecule has 0 aliphatic rings. The summed E-state index contributed by atoms with van der Waals surface area (Å²) >= 11 is 0. The van der Waals surface area contributed by atoms with Crippen molar-refractivity contribution in [3.8, 4) is 0 Å². The second kappa shape index (κ2) is 5.62. The minimum atomic E-state index is -0.516. The molecule has 98 valence electrons. The molecule has 1 aromatic heterocycles. The van der Waals surface area contributed by atoms with Gasteiger partial charge in [-0.15, -0.1) is 0 Å². The van der Waals surface area contributed by atoms with E-state index in [1.54, 1.807) is 12.3 Å². The lowest BCUT2D eigenvalue weighted by Crippen LogP contribution is -2.36. The van der Waals surface area contributed by atoms with Crippen LogP contribution in [0, 0.1) is 12.3 Å². The third-order valence-electron chi connectivity index (χ3n) is 2.46. The second-order valence-electron chi connectivity index (χ2n) is 4.85. The van der Waals surface area contributed by atoms with E-state index in [0.29, 0.717) is 11.7 Å². The van der Waals surface area contributed by atoms with E-state index in [2.05, 4.69) is 9.98 Å². The molecule has 0 bridgehead atoms. The van der Waals surface area contributed by atoms with Gasteiger partial charge in [0.25, 0.3) is 0 Å². The number of esters is 1. The molecule has 0 unspecified atom stereocenters. The van der Waals surface area contributed by atoms with Crippen molar-refractivity contribution < 1.29 is 9.53 Å². The summed E-state index contributed by atoms with van der Waals surface area (Å²) < 4.78 is 4.96. The Kier molecular flexibility index (Phi) is 4.42. The molecule has 18 heavy (non-hydrogen) atoms. The molecule has 2 N–H and O–H groups in total. The molecule has 0 saturated carbocycles. The molecule has 0 aliphatic carbocycles. The summed E-state index contributed by atoms with van der Waals surface area (Å²) in [7, 11) is 0. The first-order chi connectivity index (χ1) is 8.31. The monoisotopic (exact) mass is 249 g/mol. The fourth-order valence-corrected chi connectivity index (χ4v) is 1.16. The number of pyridine rings is 1. The maximum Gasteiger partial charge on any atom is 0.302 e. The van der Waals surface area contributed by atoms with E-state index in [4.69, 9.17) is 10.5 Å². The largest absolute Gasteiger partial charge is 0.465 e. The molecular weight excluding hydrogens is 230 g/mol. The number of amidine groups is 1. The highest BCUT2D eigenvalue weighted by atomic mass is 16.5. The van der Waals surface area contributed by atoms with Crippen LogP contribution in [0.5, 0.6) is 0 Å². The summed E-state index contributed by atoms with van der Waals surface area (Å²) in [6.45, 7) is 7.24. The van der Waals surface area contributed by atoms with Gasteiger partial charge in [0.05, 0.1) is 5.41 Å². The number of nitrogens with zero attached hydrogens (tertiary/aromatic N) is 2. The van der Waals surface area contributed by atoms with Crippen molar-refractivity contribution in [3.63, 3.8) is 0 Å². The summed E-state index contributed by atoms with van der Waals surface area (Å²) in [6, 6.07) is 3.71. The fourth-order valence-electron chi connectivity index (χ4n) is 1.16. The molecule has 5 heteroatoms. The number of hydrogen-bond donors (Lipinski definition) is 1. The van der Waals surface area contributed by atoms with Gasteiger partial charge in [-0.3, -0.25) is 4.79 Å². The van der Waals surface area contributed by atoms with E-state index in [-0.39, 0.29) is 12.6 Å². The van der Waals surface area contributed by atoms with E-state index in [9.17, 15) is 4.79 Å². The van der Waals surface area contributed by atoms with Crippen LogP contribution in [0.4, 0.5) is 5.82 Å². The molecule has 0 amide bonds. The zero-order valence-electron chi connectivity index (χ0n) is 11.2. The molecule has 1 aromatic rings. The van der Waals surface area contributed by atoms with E-state index in [1.165, 1.54) is 6.92 Å². The third-order valence-corrected chi connectivity index (χ3v) is 2.46. The first-order valence-electron chi connectivity index (χ1n) is 5.72.